The minimum atomic E-state index is 0.0136. The smallest absolute Gasteiger partial charge is 0.163 e. The molecule has 0 fully saturated rings. The summed E-state index contributed by atoms with van der Waals surface area (Å²) < 4.78 is 1.96. The monoisotopic (exact) mass is 347 g/mol. The molecule has 3 rings (SSSR count). The number of aliphatic imine (C=N–C) groups is 1. The fourth-order valence-electron chi connectivity index (χ4n) is 2.72. The molecule has 0 aliphatic heterocycles. The molecule has 3 aromatic rings. The van der Waals surface area contributed by atoms with Crippen LogP contribution < -0.4 is 0 Å². The highest BCUT2D eigenvalue weighted by atomic mass is 15.3. The average molecular weight is 348 g/mol. The van der Waals surface area contributed by atoms with Gasteiger partial charge in [-0.2, -0.15) is 5.10 Å². The highest BCUT2D eigenvalue weighted by Gasteiger charge is 2.20. The van der Waals surface area contributed by atoms with Crippen molar-refractivity contribution in [3.8, 4) is 5.69 Å². The van der Waals surface area contributed by atoms with Crippen LogP contribution in [0, 0.1) is 5.41 Å². The quantitative estimate of drug-likeness (QED) is 0.489. The van der Waals surface area contributed by atoms with Crippen molar-refractivity contribution in [2.45, 2.75) is 53.9 Å². The maximum Gasteiger partial charge on any atom is 0.163 e. The van der Waals surface area contributed by atoms with E-state index in [9.17, 15) is 0 Å². The molecular weight excluding hydrogens is 318 g/mol. The molecule has 3 heteroatoms. The Bertz CT molecular complexity index is 949. The van der Waals surface area contributed by atoms with E-state index in [0.29, 0.717) is 0 Å². The summed E-state index contributed by atoms with van der Waals surface area (Å²) in [5, 5.41) is 5.95. The Morgan fingerprint density at radius 3 is 2.15 bits per heavy atom. The molecule has 0 radical (unpaired) electrons. The van der Waals surface area contributed by atoms with Crippen molar-refractivity contribution < 1.29 is 0 Å². The molecule has 0 amide bonds. The van der Waals surface area contributed by atoms with Crippen LogP contribution in [-0.2, 0) is 5.41 Å². The summed E-state index contributed by atoms with van der Waals surface area (Å²) in [6.07, 6.45) is 0. The minimum absolute atomic E-state index is 0.0136. The van der Waals surface area contributed by atoms with Gasteiger partial charge < -0.3 is 0 Å². The van der Waals surface area contributed by atoms with Gasteiger partial charge in [0.25, 0.3) is 0 Å². The molecule has 2 aromatic carbocycles. The number of nitrogens with zero attached hydrogens (tertiary/aromatic N) is 3. The van der Waals surface area contributed by atoms with Crippen molar-refractivity contribution in [3.63, 3.8) is 0 Å². The topological polar surface area (TPSA) is 30.2 Å². The Labute approximate surface area is 156 Å². The Balaban J connectivity index is 2.32. The molecule has 1 heterocycles. The normalized spacial score (nSPS) is 13.4. The van der Waals surface area contributed by atoms with Crippen molar-refractivity contribution in [3.05, 3.63) is 54.1 Å². The van der Waals surface area contributed by atoms with Crippen LogP contribution in [0.25, 0.3) is 16.6 Å². The standard InChI is InChI=1S/C23H29N3/c1-16(22(2,3)4)24-21-19-15-17(23(5,6)7)13-14-20(19)25-26(21)18-11-9-8-10-12-18/h8-15H,1-7H3/b24-16+. The van der Waals surface area contributed by atoms with Gasteiger partial charge in [-0.3, -0.25) is 0 Å². The molecule has 0 spiro atoms. The van der Waals surface area contributed by atoms with Crippen molar-refractivity contribution >= 4 is 22.4 Å². The van der Waals surface area contributed by atoms with Crippen molar-refractivity contribution in [2.75, 3.05) is 0 Å². The minimum Gasteiger partial charge on any atom is -0.237 e. The number of fused-ring (bicyclic) bond motifs is 1. The molecular formula is C23H29N3. The largest absolute Gasteiger partial charge is 0.237 e. The third kappa shape index (κ3) is 3.57. The first-order valence-electron chi connectivity index (χ1n) is 9.22. The zero-order chi connectivity index (χ0) is 19.1. The van der Waals surface area contributed by atoms with Gasteiger partial charge >= 0.3 is 0 Å². The van der Waals surface area contributed by atoms with Gasteiger partial charge in [0.05, 0.1) is 11.2 Å². The highest BCUT2D eigenvalue weighted by molar-refractivity contribution is 5.96. The van der Waals surface area contributed by atoms with Gasteiger partial charge in [-0.25, -0.2) is 9.67 Å². The van der Waals surface area contributed by atoms with E-state index in [1.165, 1.54) is 5.56 Å². The second kappa shape index (κ2) is 6.39. The van der Waals surface area contributed by atoms with Crippen LogP contribution in [0.5, 0.6) is 0 Å². The van der Waals surface area contributed by atoms with Gasteiger partial charge in [-0.15, -0.1) is 0 Å². The number of hydrogen-bond acceptors (Lipinski definition) is 2. The summed E-state index contributed by atoms with van der Waals surface area (Å²) >= 11 is 0. The fraction of sp³-hybridized carbons (Fsp3) is 0.391. The van der Waals surface area contributed by atoms with E-state index in [1.807, 2.05) is 22.9 Å². The molecule has 3 nitrogen and oxygen atoms in total. The first kappa shape index (κ1) is 18.4. The maximum absolute atomic E-state index is 5.04. The van der Waals surface area contributed by atoms with Crippen molar-refractivity contribution in [1.29, 1.82) is 0 Å². The third-order valence-corrected chi connectivity index (χ3v) is 4.87. The van der Waals surface area contributed by atoms with E-state index in [2.05, 4.69) is 78.8 Å². The highest BCUT2D eigenvalue weighted by Crippen LogP contribution is 2.34. The molecule has 0 N–H and O–H groups in total. The fourth-order valence-corrected chi connectivity index (χ4v) is 2.72. The number of para-hydroxylation sites is 1. The lowest BCUT2D eigenvalue weighted by Gasteiger charge is -2.19. The van der Waals surface area contributed by atoms with E-state index in [1.54, 1.807) is 0 Å². The molecule has 0 bridgehead atoms. The average Bonchev–Trinajstić information content (AvgIpc) is 2.92. The first-order valence-corrected chi connectivity index (χ1v) is 9.22. The van der Waals surface area contributed by atoms with Gasteiger partial charge in [-0.05, 0) is 42.2 Å². The first-order chi connectivity index (χ1) is 12.1. The van der Waals surface area contributed by atoms with Crippen LogP contribution in [0.4, 0.5) is 5.82 Å². The summed E-state index contributed by atoms with van der Waals surface area (Å²) in [7, 11) is 0. The van der Waals surface area contributed by atoms with Gasteiger partial charge in [0.2, 0.25) is 0 Å². The predicted octanol–water partition coefficient (Wildman–Crippen LogP) is 6.46. The van der Waals surface area contributed by atoms with Crippen molar-refractivity contribution in [2.24, 2.45) is 10.4 Å². The molecule has 0 atom stereocenters. The lowest BCUT2D eigenvalue weighted by Crippen LogP contribution is -2.16. The summed E-state index contributed by atoms with van der Waals surface area (Å²) in [6, 6.07) is 16.8. The van der Waals surface area contributed by atoms with Gasteiger partial charge in [0, 0.05) is 16.5 Å². The zero-order valence-corrected chi connectivity index (χ0v) is 17.0. The Morgan fingerprint density at radius 1 is 0.923 bits per heavy atom. The zero-order valence-electron chi connectivity index (χ0n) is 17.0. The second-order valence-corrected chi connectivity index (χ2v) is 9.00. The summed E-state index contributed by atoms with van der Waals surface area (Å²) in [5.41, 5.74) is 4.49. The summed E-state index contributed by atoms with van der Waals surface area (Å²) in [5.74, 6) is 0.907. The van der Waals surface area contributed by atoms with Crippen LogP contribution in [-0.4, -0.2) is 15.5 Å². The number of benzene rings is 2. The summed E-state index contributed by atoms with van der Waals surface area (Å²) in [6.45, 7) is 15.4. The van der Waals surface area contributed by atoms with Gasteiger partial charge in [-0.1, -0.05) is 65.8 Å². The molecule has 0 saturated carbocycles. The van der Waals surface area contributed by atoms with E-state index >= 15 is 0 Å². The maximum atomic E-state index is 5.04. The van der Waals surface area contributed by atoms with Gasteiger partial charge in [0.15, 0.2) is 5.82 Å². The van der Waals surface area contributed by atoms with Gasteiger partial charge in [0.1, 0.15) is 0 Å². The Morgan fingerprint density at radius 2 is 1.58 bits per heavy atom. The van der Waals surface area contributed by atoms with Crippen LogP contribution in [0.15, 0.2) is 53.5 Å². The second-order valence-electron chi connectivity index (χ2n) is 9.00. The summed E-state index contributed by atoms with van der Waals surface area (Å²) in [4.78, 5) is 5.04. The lowest BCUT2D eigenvalue weighted by molar-refractivity contribution is 0.587. The van der Waals surface area contributed by atoms with Crippen LogP contribution in [0.2, 0.25) is 0 Å². The SMILES string of the molecule is C/C(=N\c1c2cc(C(C)(C)C)ccc2nn1-c1ccccc1)C(C)(C)C. The van der Waals surface area contributed by atoms with E-state index in [4.69, 9.17) is 10.1 Å². The number of hydrogen-bond donors (Lipinski definition) is 0. The molecule has 0 aliphatic carbocycles. The van der Waals surface area contributed by atoms with E-state index < -0.39 is 0 Å². The predicted molar refractivity (Wildman–Crippen MR) is 112 cm³/mol. The number of rotatable bonds is 2. The number of aromatic nitrogens is 2. The molecule has 0 aliphatic rings. The van der Waals surface area contributed by atoms with E-state index in [0.717, 1.165) is 28.1 Å². The van der Waals surface area contributed by atoms with Crippen molar-refractivity contribution in [1.82, 2.24) is 9.78 Å². The molecule has 26 heavy (non-hydrogen) atoms. The van der Waals surface area contributed by atoms with Crippen LogP contribution >= 0.6 is 0 Å². The lowest BCUT2D eigenvalue weighted by atomic mass is 9.86. The van der Waals surface area contributed by atoms with E-state index in [-0.39, 0.29) is 10.8 Å². The Kier molecular flexibility index (Phi) is 4.51. The third-order valence-electron chi connectivity index (χ3n) is 4.87. The Hall–Kier alpha value is -2.42. The molecule has 1 aromatic heterocycles. The molecule has 0 saturated heterocycles. The van der Waals surface area contributed by atoms with Crippen LogP contribution in [0.1, 0.15) is 54.0 Å². The molecule has 0 unspecified atom stereocenters. The molecule has 136 valence electrons. The van der Waals surface area contributed by atoms with Crippen LogP contribution in [0.3, 0.4) is 0 Å².